The van der Waals surface area contributed by atoms with E-state index < -0.39 is 0 Å². The topological polar surface area (TPSA) is 9.86 Å². The van der Waals surface area contributed by atoms with Gasteiger partial charge in [-0.15, -0.1) is 0 Å². The molecule has 0 unspecified atom stereocenters. The van der Waals surface area contributed by atoms with Crippen LogP contribution in [0.3, 0.4) is 0 Å². The predicted octanol–water partition coefficient (Wildman–Crippen LogP) is 9.22. The number of para-hydroxylation sites is 2. The molecule has 8 rings (SSSR count). The van der Waals surface area contributed by atoms with Crippen molar-refractivity contribution in [1.82, 2.24) is 9.13 Å². The quantitative estimate of drug-likeness (QED) is 0.238. The first-order valence-corrected chi connectivity index (χ1v) is 14.0. The number of rotatable bonds is 3. The Morgan fingerprint density at radius 1 is 0.526 bits per heavy atom. The second kappa shape index (κ2) is 8.63. The van der Waals surface area contributed by atoms with E-state index in [1.54, 1.807) is 0 Å². The Morgan fingerprint density at radius 2 is 1.13 bits per heavy atom. The molecule has 3 aliphatic rings. The molecule has 0 radical (unpaired) electrons. The highest BCUT2D eigenvalue weighted by atomic mass is 15.0. The Hall–Kier alpha value is -4.30. The summed E-state index contributed by atoms with van der Waals surface area (Å²) in [4.78, 5) is 0. The van der Waals surface area contributed by atoms with Gasteiger partial charge in [0.15, 0.2) is 0 Å². The normalized spacial score (nSPS) is 16.4. The molecule has 184 valence electrons. The highest BCUT2D eigenvalue weighted by molar-refractivity contribution is 5.95. The van der Waals surface area contributed by atoms with Crippen LogP contribution < -0.4 is 0 Å². The Morgan fingerprint density at radius 3 is 1.76 bits per heavy atom. The monoisotopic (exact) mass is 490 g/mol. The van der Waals surface area contributed by atoms with Gasteiger partial charge in [0.1, 0.15) is 0 Å². The maximum atomic E-state index is 2.54. The van der Waals surface area contributed by atoms with E-state index in [9.17, 15) is 0 Å². The summed E-state index contributed by atoms with van der Waals surface area (Å²) in [5, 5.41) is 2.73. The lowest BCUT2D eigenvalue weighted by molar-refractivity contribution is 0.866. The second-order valence-corrected chi connectivity index (χ2v) is 10.7. The molecule has 0 amide bonds. The van der Waals surface area contributed by atoms with Gasteiger partial charge < -0.3 is 9.13 Å². The molecular weight excluding hydrogens is 460 g/mol. The van der Waals surface area contributed by atoms with Crippen molar-refractivity contribution in [3.8, 4) is 5.69 Å². The second-order valence-electron chi connectivity index (χ2n) is 10.7. The van der Waals surface area contributed by atoms with Gasteiger partial charge in [-0.2, -0.15) is 0 Å². The summed E-state index contributed by atoms with van der Waals surface area (Å²) in [6.07, 6.45) is 20.5. The van der Waals surface area contributed by atoms with Crippen LogP contribution in [0.25, 0.3) is 50.9 Å². The highest BCUT2D eigenvalue weighted by Crippen LogP contribution is 2.38. The molecule has 0 N–H and O–H groups in total. The van der Waals surface area contributed by atoms with E-state index in [2.05, 4.69) is 118 Å². The molecule has 38 heavy (non-hydrogen) atoms. The molecule has 3 aromatic carbocycles. The van der Waals surface area contributed by atoms with E-state index in [4.69, 9.17) is 0 Å². The third kappa shape index (κ3) is 3.26. The molecule has 2 heterocycles. The van der Waals surface area contributed by atoms with Crippen molar-refractivity contribution < 1.29 is 0 Å². The van der Waals surface area contributed by atoms with Crippen molar-refractivity contribution in [3.63, 3.8) is 0 Å². The molecule has 3 aliphatic carbocycles. The van der Waals surface area contributed by atoms with Crippen LogP contribution in [0.5, 0.6) is 0 Å². The standard InChI is InChI=1S/C36H30N2/c1-5-13-33-29(9-1)30-10-2-6-14-34(30)37(33)27-21-17-25(18-22-27)26-19-23-28(24-20-26)38-35-15-7-3-11-31(35)32-12-4-8-16-36(32)38/h1-5,7,9-13,15,17-19,21-23H,6,8,14,16,20,24H2. The number of aromatic nitrogens is 2. The number of fused-ring (bicyclic) bond motifs is 6. The minimum absolute atomic E-state index is 1.06. The summed E-state index contributed by atoms with van der Waals surface area (Å²) in [5.41, 5.74) is 13.8. The van der Waals surface area contributed by atoms with Gasteiger partial charge in [-0.1, -0.05) is 78.9 Å². The molecule has 2 heteroatoms. The number of hydrogen-bond donors (Lipinski definition) is 0. The van der Waals surface area contributed by atoms with Gasteiger partial charge in [-0.25, -0.2) is 0 Å². The van der Waals surface area contributed by atoms with Crippen LogP contribution in [0.1, 0.15) is 53.8 Å². The maximum Gasteiger partial charge on any atom is 0.0537 e. The van der Waals surface area contributed by atoms with Gasteiger partial charge in [-0.05, 0) is 80.0 Å². The lowest BCUT2D eigenvalue weighted by Crippen LogP contribution is -2.07. The lowest BCUT2D eigenvalue weighted by Gasteiger charge is -2.20. The van der Waals surface area contributed by atoms with Crippen molar-refractivity contribution >= 4 is 45.2 Å². The van der Waals surface area contributed by atoms with Crippen LogP contribution in [0.2, 0.25) is 0 Å². The first-order chi connectivity index (χ1) is 18.9. The summed E-state index contributed by atoms with van der Waals surface area (Å²) in [6.45, 7) is 0. The molecular formula is C36H30N2. The summed E-state index contributed by atoms with van der Waals surface area (Å²) in [6, 6.07) is 26.9. The van der Waals surface area contributed by atoms with Crippen LogP contribution >= 0.6 is 0 Å². The summed E-state index contributed by atoms with van der Waals surface area (Å²) < 4.78 is 5.01. The van der Waals surface area contributed by atoms with E-state index in [0.717, 1.165) is 38.5 Å². The molecule has 0 saturated heterocycles. The van der Waals surface area contributed by atoms with E-state index in [1.165, 1.54) is 66.8 Å². The van der Waals surface area contributed by atoms with Crippen molar-refractivity contribution in [2.75, 3.05) is 0 Å². The minimum atomic E-state index is 1.06. The molecule has 0 aliphatic heterocycles. The first kappa shape index (κ1) is 21.8. The number of hydrogen-bond acceptors (Lipinski definition) is 0. The van der Waals surface area contributed by atoms with E-state index >= 15 is 0 Å². The van der Waals surface area contributed by atoms with Crippen molar-refractivity contribution in [3.05, 3.63) is 125 Å². The van der Waals surface area contributed by atoms with Gasteiger partial charge in [0, 0.05) is 44.7 Å². The fourth-order valence-corrected chi connectivity index (χ4v) is 6.84. The van der Waals surface area contributed by atoms with E-state index in [-0.39, 0.29) is 0 Å². The zero-order chi connectivity index (χ0) is 25.1. The third-order valence-corrected chi connectivity index (χ3v) is 8.61. The summed E-state index contributed by atoms with van der Waals surface area (Å²) in [5.74, 6) is 0. The third-order valence-electron chi connectivity index (χ3n) is 8.61. The van der Waals surface area contributed by atoms with Gasteiger partial charge in [0.2, 0.25) is 0 Å². The van der Waals surface area contributed by atoms with Crippen molar-refractivity contribution in [1.29, 1.82) is 0 Å². The molecule has 5 aromatic rings. The Kier molecular flexibility index (Phi) is 4.94. The fraction of sp³-hybridized carbons (Fsp3) is 0.167. The predicted molar refractivity (Wildman–Crippen MR) is 161 cm³/mol. The minimum Gasteiger partial charge on any atom is -0.317 e. The number of nitrogens with zero attached hydrogens (tertiary/aromatic N) is 2. The largest absolute Gasteiger partial charge is 0.317 e. The zero-order valence-corrected chi connectivity index (χ0v) is 21.5. The molecule has 0 bridgehead atoms. The van der Waals surface area contributed by atoms with Gasteiger partial charge in [0.05, 0.1) is 11.0 Å². The molecule has 2 aromatic heterocycles. The van der Waals surface area contributed by atoms with Gasteiger partial charge >= 0.3 is 0 Å². The number of benzene rings is 3. The van der Waals surface area contributed by atoms with Crippen molar-refractivity contribution in [2.45, 2.75) is 38.5 Å². The van der Waals surface area contributed by atoms with Crippen LogP contribution in [0.4, 0.5) is 0 Å². The Labute approximate surface area is 223 Å². The average molecular weight is 491 g/mol. The van der Waals surface area contributed by atoms with Gasteiger partial charge in [-0.3, -0.25) is 0 Å². The Balaban J connectivity index is 1.16. The smallest absolute Gasteiger partial charge is 0.0537 e. The zero-order valence-electron chi connectivity index (χ0n) is 21.5. The highest BCUT2D eigenvalue weighted by Gasteiger charge is 2.21. The Bertz CT molecular complexity index is 1850. The van der Waals surface area contributed by atoms with Crippen LogP contribution in [0.15, 0.2) is 97.1 Å². The SMILES string of the molecule is C1=Cc2c(n(C3=CC=C(c4ccc(-n5c6c(c7ccccc75)C=CCC6)cc4)CC3)c3ccccc23)CC1. The van der Waals surface area contributed by atoms with E-state index in [0.29, 0.717) is 0 Å². The van der Waals surface area contributed by atoms with Crippen LogP contribution in [-0.4, -0.2) is 9.13 Å². The molecule has 2 nitrogen and oxygen atoms in total. The van der Waals surface area contributed by atoms with Crippen molar-refractivity contribution in [2.24, 2.45) is 0 Å². The van der Waals surface area contributed by atoms with Crippen LogP contribution in [-0.2, 0) is 12.8 Å². The van der Waals surface area contributed by atoms with Crippen LogP contribution in [0, 0.1) is 0 Å². The number of allylic oxidation sites excluding steroid dienone is 6. The molecule has 0 saturated carbocycles. The maximum absolute atomic E-state index is 2.54. The molecule has 0 spiro atoms. The average Bonchev–Trinajstić information content (AvgIpc) is 3.51. The van der Waals surface area contributed by atoms with E-state index in [1.807, 2.05) is 0 Å². The molecule has 0 atom stereocenters. The molecule has 0 fully saturated rings. The van der Waals surface area contributed by atoms with Gasteiger partial charge in [0.25, 0.3) is 0 Å². The summed E-state index contributed by atoms with van der Waals surface area (Å²) in [7, 11) is 0. The fourth-order valence-electron chi connectivity index (χ4n) is 6.84. The summed E-state index contributed by atoms with van der Waals surface area (Å²) >= 11 is 0. The lowest BCUT2D eigenvalue weighted by atomic mass is 9.95. The first-order valence-electron chi connectivity index (χ1n) is 14.0.